The van der Waals surface area contributed by atoms with E-state index >= 15 is 0 Å². The van der Waals surface area contributed by atoms with Crippen LogP contribution in [0.15, 0.2) is 59.0 Å². The number of halogens is 3. The van der Waals surface area contributed by atoms with Crippen molar-refractivity contribution in [3.63, 3.8) is 0 Å². The maximum Gasteiger partial charge on any atom is 0.418 e. The molecule has 0 fully saturated rings. The van der Waals surface area contributed by atoms with Gasteiger partial charge in [-0.2, -0.15) is 13.2 Å². The van der Waals surface area contributed by atoms with Crippen molar-refractivity contribution in [3.05, 3.63) is 65.4 Å². The molecule has 252 valence electrons. The van der Waals surface area contributed by atoms with Gasteiger partial charge in [0.15, 0.2) is 0 Å². The second kappa shape index (κ2) is 16.3. The van der Waals surface area contributed by atoms with Gasteiger partial charge < -0.3 is 14.2 Å². The highest BCUT2D eigenvalue weighted by molar-refractivity contribution is 6.48. The Hall–Kier alpha value is -4.61. The smallest absolute Gasteiger partial charge is 0.318 e. The maximum atomic E-state index is 14.6. The number of alkyl halides is 3. The number of para-hydroxylation sites is 1. The van der Waals surface area contributed by atoms with Gasteiger partial charge in [-0.15, -0.1) is 0 Å². The van der Waals surface area contributed by atoms with Crippen LogP contribution in [-0.2, 0) is 25.4 Å². The Morgan fingerprint density at radius 2 is 1.38 bits per heavy atom. The van der Waals surface area contributed by atoms with Gasteiger partial charge in [-0.05, 0) is 61.8 Å². The minimum Gasteiger partial charge on any atom is -0.318 e. The van der Waals surface area contributed by atoms with Crippen molar-refractivity contribution in [1.29, 1.82) is 0 Å². The van der Waals surface area contributed by atoms with Gasteiger partial charge in [0.05, 0.1) is 16.8 Å². The fourth-order valence-electron chi connectivity index (χ4n) is 4.91. The molecule has 0 N–H and O–H groups in total. The van der Waals surface area contributed by atoms with E-state index in [0.29, 0.717) is 29.7 Å². The third kappa shape index (κ3) is 10.2. The summed E-state index contributed by atoms with van der Waals surface area (Å²) in [6.07, 6.45) is -0.592. The van der Waals surface area contributed by atoms with E-state index in [9.17, 15) is 32.3 Å². The lowest BCUT2D eigenvalue weighted by Crippen LogP contribution is -2.18. The lowest BCUT2D eigenvalue weighted by molar-refractivity contribution is -0.141. The number of carbonyl (C=O) groups excluding carboxylic acids is 4. The molecule has 0 amide bonds. The van der Waals surface area contributed by atoms with Gasteiger partial charge in [0.25, 0.3) is 0 Å². The Morgan fingerprint density at radius 1 is 0.787 bits per heavy atom. The quantitative estimate of drug-likeness (QED) is 0.0533. The molecule has 9 nitrogen and oxygen atoms in total. The molecule has 0 saturated carbocycles. The molecule has 1 aromatic heterocycles. The first-order chi connectivity index (χ1) is 22.1. The molecule has 0 aliphatic heterocycles. The first kappa shape index (κ1) is 36.9. The molecule has 2 aromatic carbocycles. The van der Waals surface area contributed by atoms with E-state index in [-0.39, 0.29) is 47.0 Å². The van der Waals surface area contributed by atoms with Crippen molar-refractivity contribution in [3.8, 4) is 5.69 Å². The number of hydrogen-bond acceptors (Lipinski definition) is 8. The van der Waals surface area contributed by atoms with E-state index in [2.05, 4.69) is 24.2 Å². The first-order valence-corrected chi connectivity index (χ1v) is 15.5. The van der Waals surface area contributed by atoms with E-state index < -0.39 is 35.2 Å². The third-order valence-corrected chi connectivity index (χ3v) is 7.28. The SMILES string of the molecule is CC(=O)O/N=C(\CCCCC(C)C)C(=O)c1ccc(-n2cc(C(=O)/C(CCC(C)C)=N/OC(C)=O)c3ccccc32)c(C(F)(F)F)c1. The van der Waals surface area contributed by atoms with E-state index in [1.165, 1.54) is 16.8 Å². The summed E-state index contributed by atoms with van der Waals surface area (Å²) in [5.74, 6) is -2.25. The molecule has 12 heteroatoms. The number of rotatable bonds is 15. The van der Waals surface area contributed by atoms with E-state index in [1.54, 1.807) is 24.3 Å². The fraction of sp³-hybridized carbons (Fsp3) is 0.429. The van der Waals surface area contributed by atoms with Crippen molar-refractivity contribution in [1.82, 2.24) is 4.57 Å². The van der Waals surface area contributed by atoms with Gasteiger partial charge in [-0.25, -0.2) is 9.59 Å². The van der Waals surface area contributed by atoms with Gasteiger partial charge in [0, 0.05) is 36.6 Å². The van der Waals surface area contributed by atoms with Gasteiger partial charge in [0.1, 0.15) is 11.4 Å². The summed E-state index contributed by atoms with van der Waals surface area (Å²) in [7, 11) is 0. The summed E-state index contributed by atoms with van der Waals surface area (Å²) in [6, 6.07) is 9.60. The number of Topliss-reactive ketones (excluding diaryl/α,β-unsaturated/α-hetero) is 2. The number of fused-ring (bicyclic) bond motifs is 1. The zero-order valence-corrected chi connectivity index (χ0v) is 27.4. The summed E-state index contributed by atoms with van der Waals surface area (Å²) < 4.78 is 45.2. The van der Waals surface area contributed by atoms with Gasteiger partial charge >= 0.3 is 18.1 Å². The monoisotopic (exact) mass is 655 g/mol. The van der Waals surface area contributed by atoms with E-state index in [0.717, 1.165) is 38.8 Å². The molecule has 0 radical (unpaired) electrons. The predicted octanol–water partition coefficient (Wildman–Crippen LogP) is 8.51. The molecule has 47 heavy (non-hydrogen) atoms. The highest BCUT2D eigenvalue weighted by Gasteiger charge is 2.36. The third-order valence-electron chi connectivity index (χ3n) is 7.28. The van der Waals surface area contributed by atoms with Crippen LogP contribution >= 0.6 is 0 Å². The molecular weight excluding hydrogens is 615 g/mol. The van der Waals surface area contributed by atoms with Crippen LogP contribution in [-0.4, -0.2) is 39.5 Å². The Balaban J connectivity index is 2.12. The summed E-state index contributed by atoms with van der Waals surface area (Å²) in [5, 5.41) is 7.81. The first-order valence-electron chi connectivity index (χ1n) is 15.5. The van der Waals surface area contributed by atoms with E-state index in [4.69, 9.17) is 9.68 Å². The van der Waals surface area contributed by atoms with Gasteiger partial charge in [-0.3, -0.25) is 9.59 Å². The van der Waals surface area contributed by atoms with Crippen LogP contribution in [0.25, 0.3) is 16.6 Å². The Kier molecular flexibility index (Phi) is 12.8. The molecule has 0 saturated heterocycles. The van der Waals surface area contributed by atoms with Crippen LogP contribution in [0.3, 0.4) is 0 Å². The largest absolute Gasteiger partial charge is 0.418 e. The lowest BCUT2D eigenvalue weighted by atomic mass is 9.98. The van der Waals surface area contributed by atoms with Gasteiger partial charge in [0.2, 0.25) is 11.6 Å². The predicted molar refractivity (Wildman–Crippen MR) is 173 cm³/mol. The minimum absolute atomic E-state index is 0.0400. The maximum absolute atomic E-state index is 14.6. The standard InChI is InChI=1S/C35H40F3N3O6/c1-21(2)11-7-9-13-29(39-46-23(5)42)33(44)25-16-18-32(28(19-25)35(36,37)38)41-20-27(26-12-8-10-14-31(26)41)34(45)30(17-15-22(3)4)40-47-24(6)43/h8,10,12,14,16,18-22H,7,9,11,13,15,17H2,1-6H3/b39-29+,40-30+. The van der Waals surface area contributed by atoms with Crippen LogP contribution < -0.4 is 0 Å². The molecule has 0 aliphatic rings. The van der Waals surface area contributed by atoms with Crippen molar-refractivity contribution in [2.45, 2.75) is 86.2 Å². The highest BCUT2D eigenvalue weighted by atomic mass is 19.4. The average Bonchev–Trinajstić information content (AvgIpc) is 3.38. The number of aromatic nitrogens is 1. The van der Waals surface area contributed by atoms with Crippen molar-refractivity contribution in [2.75, 3.05) is 0 Å². The molecule has 0 aliphatic carbocycles. The summed E-state index contributed by atoms with van der Waals surface area (Å²) in [5.41, 5.74) is -1.55. The number of benzene rings is 2. The number of hydrogen-bond donors (Lipinski definition) is 0. The molecule has 0 bridgehead atoms. The normalized spacial score (nSPS) is 12.6. The number of unbranched alkanes of at least 4 members (excludes halogenated alkanes) is 1. The second-order valence-corrected chi connectivity index (χ2v) is 12.1. The highest BCUT2D eigenvalue weighted by Crippen LogP contribution is 2.37. The molecule has 0 spiro atoms. The summed E-state index contributed by atoms with van der Waals surface area (Å²) in [6.45, 7) is 10.3. The van der Waals surface area contributed by atoms with Crippen LogP contribution in [0.1, 0.15) is 106 Å². The number of nitrogens with zero attached hydrogens (tertiary/aromatic N) is 3. The Bertz CT molecular complexity index is 1690. The molecular formula is C35H40F3N3O6. The zero-order chi connectivity index (χ0) is 34.9. The average molecular weight is 656 g/mol. The topological polar surface area (TPSA) is 116 Å². The van der Waals surface area contributed by atoms with Crippen LogP contribution in [0, 0.1) is 11.8 Å². The number of ketones is 2. The zero-order valence-electron chi connectivity index (χ0n) is 27.4. The molecule has 1 heterocycles. The fourth-order valence-corrected chi connectivity index (χ4v) is 4.91. The molecule has 0 unspecified atom stereocenters. The van der Waals surface area contributed by atoms with Crippen molar-refractivity contribution >= 4 is 45.8 Å². The molecule has 3 rings (SSSR count). The molecule has 0 atom stereocenters. The summed E-state index contributed by atoms with van der Waals surface area (Å²) >= 11 is 0. The Labute approximate surface area is 271 Å². The lowest BCUT2D eigenvalue weighted by Gasteiger charge is -2.16. The van der Waals surface area contributed by atoms with Crippen LogP contribution in [0.4, 0.5) is 13.2 Å². The van der Waals surface area contributed by atoms with E-state index in [1.807, 2.05) is 13.8 Å². The number of oxime groups is 2. The molecule has 3 aromatic rings. The van der Waals surface area contributed by atoms with Gasteiger partial charge in [-0.1, -0.05) is 69.0 Å². The summed E-state index contributed by atoms with van der Waals surface area (Å²) in [4.78, 5) is 59.5. The van der Waals surface area contributed by atoms with Crippen LogP contribution in [0.5, 0.6) is 0 Å². The minimum atomic E-state index is -4.90. The number of carbonyl (C=O) groups is 4. The Morgan fingerprint density at radius 3 is 1.96 bits per heavy atom. The van der Waals surface area contributed by atoms with Crippen molar-refractivity contribution in [2.24, 2.45) is 22.1 Å². The van der Waals surface area contributed by atoms with Crippen LogP contribution in [0.2, 0.25) is 0 Å². The van der Waals surface area contributed by atoms with Crippen molar-refractivity contribution < 1.29 is 42.0 Å². The second-order valence-electron chi connectivity index (χ2n) is 12.1.